The Morgan fingerprint density at radius 1 is 1.26 bits per heavy atom. The lowest BCUT2D eigenvalue weighted by molar-refractivity contribution is -0.176. The van der Waals surface area contributed by atoms with Gasteiger partial charge in [0.1, 0.15) is 6.61 Å². The van der Waals surface area contributed by atoms with Crippen LogP contribution in [0.15, 0.2) is 16.9 Å². The molecule has 2 aliphatic heterocycles. The molecular formula is C21H20N2O4. The summed E-state index contributed by atoms with van der Waals surface area (Å²) in [7, 11) is 1.48. The number of carbonyl (C=O) groups excluding carboxylic acids is 1. The minimum absolute atomic E-state index is 0.0137. The number of fused-ring (bicyclic) bond motifs is 5. The highest BCUT2D eigenvalue weighted by molar-refractivity contribution is 5.84. The summed E-state index contributed by atoms with van der Waals surface area (Å²) in [5.41, 5.74) is 2.35. The molecule has 1 aliphatic carbocycles. The summed E-state index contributed by atoms with van der Waals surface area (Å²) in [4.78, 5) is 30.5. The van der Waals surface area contributed by atoms with Gasteiger partial charge in [0, 0.05) is 18.2 Å². The summed E-state index contributed by atoms with van der Waals surface area (Å²) in [5, 5.41) is 2.09. The Bertz CT molecular complexity index is 1170. The van der Waals surface area contributed by atoms with Crippen molar-refractivity contribution < 1.29 is 14.3 Å². The highest BCUT2D eigenvalue weighted by Gasteiger charge is 2.47. The van der Waals surface area contributed by atoms with Crippen LogP contribution in [-0.2, 0) is 33.0 Å². The monoisotopic (exact) mass is 364 g/mol. The normalized spacial score (nSPS) is 21.9. The molecule has 0 spiro atoms. The van der Waals surface area contributed by atoms with Gasteiger partial charge in [-0.25, -0.2) is 9.78 Å². The second-order valence-electron chi connectivity index (χ2n) is 7.23. The first-order valence-corrected chi connectivity index (χ1v) is 9.29. The highest BCUT2D eigenvalue weighted by atomic mass is 16.6. The molecule has 6 nitrogen and oxygen atoms in total. The number of methoxy groups -OCH3 is 1. The lowest BCUT2D eigenvalue weighted by Crippen LogP contribution is -2.45. The first-order valence-electron chi connectivity index (χ1n) is 9.29. The second kappa shape index (κ2) is 5.63. The van der Waals surface area contributed by atoms with Crippen molar-refractivity contribution in [3.8, 4) is 11.4 Å². The molecular weight excluding hydrogens is 344 g/mol. The summed E-state index contributed by atoms with van der Waals surface area (Å²) in [6.45, 7) is 2.34. The number of carbonyl (C=O) groups is 1. The summed E-state index contributed by atoms with van der Waals surface area (Å²) in [5.74, 6) is -0.441. The number of cyclic esters (lactones) is 1. The maximum Gasteiger partial charge on any atom is 0.343 e. The van der Waals surface area contributed by atoms with Gasteiger partial charge in [0.25, 0.3) is 5.56 Å². The van der Waals surface area contributed by atoms with Gasteiger partial charge < -0.3 is 14.0 Å². The smallest absolute Gasteiger partial charge is 0.343 e. The van der Waals surface area contributed by atoms with E-state index < -0.39 is 11.6 Å². The zero-order valence-electron chi connectivity index (χ0n) is 15.4. The van der Waals surface area contributed by atoms with E-state index in [1.807, 2.05) is 13.0 Å². The summed E-state index contributed by atoms with van der Waals surface area (Å²) in [6.07, 6.45) is 6.72. The molecule has 1 atom stereocenters. The maximum absolute atomic E-state index is 13.2. The van der Waals surface area contributed by atoms with Crippen LogP contribution in [0.25, 0.3) is 23.5 Å². The average molecular weight is 364 g/mol. The van der Waals surface area contributed by atoms with E-state index >= 15 is 0 Å². The molecule has 0 unspecified atom stereocenters. The molecule has 0 saturated carbocycles. The number of ether oxygens (including phenoxy) is 2. The largest absolute Gasteiger partial charge is 0.458 e. The predicted octanol–water partition coefficient (Wildman–Crippen LogP) is 0.935. The van der Waals surface area contributed by atoms with E-state index in [4.69, 9.17) is 14.5 Å². The molecule has 6 heteroatoms. The molecule has 0 amide bonds. The van der Waals surface area contributed by atoms with Crippen LogP contribution in [-0.4, -0.2) is 22.6 Å². The summed E-state index contributed by atoms with van der Waals surface area (Å²) in [6, 6.07) is 4.03. The highest BCUT2D eigenvalue weighted by Crippen LogP contribution is 2.39. The average Bonchev–Trinajstić information content (AvgIpc) is 3.05. The van der Waals surface area contributed by atoms with E-state index in [9.17, 15) is 9.59 Å². The number of nitrogens with zero attached hydrogens (tertiary/aromatic N) is 2. The zero-order valence-corrected chi connectivity index (χ0v) is 15.4. The Balaban J connectivity index is 1.81. The van der Waals surface area contributed by atoms with Gasteiger partial charge in [0.15, 0.2) is 5.60 Å². The third kappa shape index (κ3) is 2.07. The molecule has 0 saturated heterocycles. The number of rotatable bonds is 2. The third-order valence-electron chi connectivity index (χ3n) is 5.96. The Labute approximate surface area is 155 Å². The molecule has 138 valence electrons. The lowest BCUT2D eigenvalue weighted by atomic mass is 9.85. The number of esters is 1. The minimum atomic E-state index is -1.24. The van der Waals surface area contributed by atoms with Gasteiger partial charge in [0.2, 0.25) is 0 Å². The van der Waals surface area contributed by atoms with Crippen LogP contribution >= 0.6 is 0 Å². The van der Waals surface area contributed by atoms with Crippen LogP contribution in [0.4, 0.5) is 0 Å². The van der Waals surface area contributed by atoms with E-state index in [1.54, 1.807) is 4.57 Å². The number of hydrogen-bond acceptors (Lipinski definition) is 5. The van der Waals surface area contributed by atoms with Crippen LogP contribution in [0.3, 0.4) is 0 Å². The van der Waals surface area contributed by atoms with Gasteiger partial charge in [0.05, 0.1) is 28.8 Å². The van der Waals surface area contributed by atoms with Gasteiger partial charge in [-0.3, -0.25) is 4.79 Å². The van der Waals surface area contributed by atoms with Crippen molar-refractivity contribution >= 4 is 18.1 Å². The molecule has 2 aromatic heterocycles. The molecule has 0 N–H and O–H groups in total. The molecule has 0 fully saturated rings. The Morgan fingerprint density at radius 3 is 2.85 bits per heavy atom. The lowest BCUT2D eigenvalue weighted by Gasteiger charge is -2.34. The van der Waals surface area contributed by atoms with Crippen LogP contribution < -0.4 is 16.1 Å². The quantitative estimate of drug-likeness (QED) is 0.633. The van der Waals surface area contributed by atoms with Gasteiger partial charge in [-0.2, -0.15) is 0 Å². The van der Waals surface area contributed by atoms with Crippen molar-refractivity contribution in [2.24, 2.45) is 0 Å². The van der Waals surface area contributed by atoms with E-state index in [2.05, 4.69) is 18.2 Å². The minimum Gasteiger partial charge on any atom is -0.458 e. The van der Waals surface area contributed by atoms with Crippen molar-refractivity contribution in [3.05, 3.63) is 49.7 Å². The van der Waals surface area contributed by atoms with Gasteiger partial charge in [-0.15, -0.1) is 0 Å². The van der Waals surface area contributed by atoms with Crippen molar-refractivity contribution in [1.29, 1.82) is 0 Å². The van der Waals surface area contributed by atoms with Crippen LogP contribution in [0.1, 0.15) is 42.9 Å². The Hall–Kier alpha value is -2.73. The zero-order chi connectivity index (χ0) is 18.8. The number of pyridine rings is 2. The first kappa shape index (κ1) is 16.4. The molecule has 2 aromatic rings. The topological polar surface area (TPSA) is 70.4 Å². The van der Waals surface area contributed by atoms with Crippen LogP contribution in [0.2, 0.25) is 0 Å². The van der Waals surface area contributed by atoms with Crippen LogP contribution in [0.5, 0.6) is 0 Å². The van der Waals surface area contributed by atoms with Gasteiger partial charge >= 0.3 is 5.97 Å². The molecule has 5 rings (SSSR count). The summed E-state index contributed by atoms with van der Waals surface area (Å²) >= 11 is 0. The molecule has 27 heavy (non-hydrogen) atoms. The Morgan fingerprint density at radius 2 is 2.07 bits per heavy atom. The van der Waals surface area contributed by atoms with Crippen molar-refractivity contribution in [3.63, 3.8) is 0 Å². The fourth-order valence-corrected chi connectivity index (χ4v) is 4.46. The van der Waals surface area contributed by atoms with E-state index in [0.29, 0.717) is 24.1 Å². The maximum atomic E-state index is 13.2. The molecule has 3 aliphatic rings. The third-order valence-corrected chi connectivity index (χ3v) is 5.96. The molecule has 0 radical (unpaired) electrons. The Kier molecular flexibility index (Phi) is 3.43. The molecule has 4 heterocycles. The van der Waals surface area contributed by atoms with Gasteiger partial charge in [-0.05, 0) is 36.6 Å². The van der Waals surface area contributed by atoms with Gasteiger partial charge in [-0.1, -0.05) is 19.1 Å². The molecule has 0 aromatic carbocycles. The first-order chi connectivity index (χ1) is 13.1. The van der Waals surface area contributed by atoms with Crippen molar-refractivity contribution in [2.75, 3.05) is 7.11 Å². The van der Waals surface area contributed by atoms with Crippen molar-refractivity contribution in [1.82, 2.24) is 9.55 Å². The fourth-order valence-electron chi connectivity index (χ4n) is 4.46. The van der Waals surface area contributed by atoms with E-state index in [0.717, 1.165) is 40.4 Å². The molecule has 0 bridgehead atoms. The SMILES string of the molecule is CC[C@@]1(OC)C(=O)OCc2c1cc1n(c2=O)Cc2cc3c(nc2-1)=CCCC=3. The van der Waals surface area contributed by atoms with E-state index in [-0.39, 0.29) is 12.2 Å². The number of aromatic nitrogens is 2. The second-order valence-corrected chi connectivity index (χ2v) is 7.23. The standard InChI is InChI=1S/C21H20N2O4/c1-3-21(26-2)15-9-17-18-13(8-12-6-4-5-7-16(12)22-18)10-23(17)19(24)14(15)11-27-20(21)25/h6-9H,3-5,10-11H2,1-2H3/t21-/m0/s1. The number of hydrogen-bond donors (Lipinski definition) is 0. The predicted molar refractivity (Wildman–Crippen MR) is 99.2 cm³/mol. The van der Waals surface area contributed by atoms with E-state index in [1.165, 1.54) is 7.11 Å². The fraction of sp³-hybridized carbons (Fsp3) is 0.381. The van der Waals surface area contributed by atoms with Crippen molar-refractivity contribution in [2.45, 2.75) is 44.9 Å². The summed E-state index contributed by atoms with van der Waals surface area (Å²) < 4.78 is 12.6. The van der Waals surface area contributed by atoms with Crippen LogP contribution in [0, 0.1) is 0 Å².